The van der Waals surface area contributed by atoms with Crippen molar-refractivity contribution >= 4 is 18.2 Å². The van der Waals surface area contributed by atoms with Gasteiger partial charge in [-0.2, -0.15) is 0 Å². The summed E-state index contributed by atoms with van der Waals surface area (Å²) in [5.41, 5.74) is 0.575. The van der Waals surface area contributed by atoms with E-state index in [-0.39, 0.29) is 11.9 Å². The summed E-state index contributed by atoms with van der Waals surface area (Å²) in [6.07, 6.45) is 4.95. The number of allylic oxidation sites excluding steroid dienone is 1. The van der Waals surface area contributed by atoms with Crippen molar-refractivity contribution in [3.05, 3.63) is 49.1 Å². The fourth-order valence-corrected chi connectivity index (χ4v) is 1.65. The van der Waals surface area contributed by atoms with Gasteiger partial charge in [0.15, 0.2) is 0 Å². The predicted octanol–water partition coefficient (Wildman–Crippen LogP) is 3.80. The number of halogens is 1. The Hall–Kier alpha value is -2.47. The SMILES string of the molecule is C=C/C=N/C=N\C(=C)Nc1ccc(F)cc1O[C@@H](C)CCOC. The third-order valence-corrected chi connectivity index (χ3v) is 2.75. The number of hydrogen-bond acceptors (Lipinski definition) is 4. The second kappa shape index (κ2) is 10.3. The van der Waals surface area contributed by atoms with Crippen LogP contribution in [0.3, 0.4) is 0 Å². The first kappa shape index (κ1) is 18.6. The Balaban J connectivity index is 2.77. The largest absolute Gasteiger partial charge is 0.488 e. The summed E-state index contributed by atoms with van der Waals surface area (Å²) in [7, 11) is 1.62. The molecule has 0 bridgehead atoms. The minimum atomic E-state index is -0.380. The molecule has 5 nitrogen and oxygen atoms in total. The summed E-state index contributed by atoms with van der Waals surface area (Å²) in [6.45, 7) is 9.73. The molecule has 0 unspecified atom stereocenters. The molecule has 0 fully saturated rings. The standard InChI is InChI=1S/C17H22FN3O2/c1-5-9-19-12-20-14(3)21-16-7-6-15(18)11-17(16)23-13(2)8-10-22-4/h5-7,9,11-13,21H,1,3,8,10H2,2,4H3/b19-9+,20-12-/t13-/m0/s1. The van der Waals surface area contributed by atoms with Gasteiger partial charge in [-0.3, -0.25) is 0 Å². The van der Waals surface area contributed by atoms with Crippen LogP contribution in [0.1, 0.15) is 13.3 Å². The van der Waals surface area contributed by atoms with Gasteiger partial charge < -0.3 is 14.8 Å². The molecule has 1 aromatic rings. The Morgan fingerprint density at radius 1 is 1.48 bits per heavy atom. The molecule has 0 heterocycles. The van der Waals surface area contributed by atoms with Crippen molar-refractivity contribution in [3.8, 4) is 5.75 Å². The molecule has 0 amide bonds. The van der Waals surface area contributed by atoms with Crippen LogP contribution in [0.25, 0.3) is 0 Å². The topological polar surface area (TPSA) is 55.2 Å². The molecule has 0 saturated carbocycles. The van der Waals surface area contributed by atoms with E-state index in [4.69, 9.17) is 9.47 Å². The fourth-order valence-electron chi connectivity index (χ4n) is 1.65. The van der Waals surface area contributed by atoms with Crippen molar-refractivity contribution in [2.75, 3.05) is 19.0 Å². The van der Waals surface area contributed by atoms with E-state index in [9.17, 15) is 4.39 Å². The van der Waals surface area contributed by atoms with Crippen LogP contribution >= 0.6 is 0 Å². The number of nitrogens with one attached hydrogen (secondary N) is 1. The molecule has 0 aliphatic carbocycles. The molecule has 0 aliphatic heterocycles. The maximum atomic E-state index is 13.5. The lowest BCUT2D eigenvalue weighted by Gasteiger charge is -2.18. The van der Waals surface area contributed by atoms with Crippen LogP contribution in [0.2, 0.25) is 0 Å². The lowest BCUT2D eigenvalue weighted by Crippen LogP contribution is -2.15. The number of rotatable bonds is 10. The highest BCUT2D eigenvalue weighted by molar-refractivity contribution is 5.79. The Kier molecular flexibility index (Phi) is 8.31. The monoisotopic (exact) mass is 319 g/mol. The van der Waals surface area contributed by atoms with Crippen LogP contribution in [-0.2, 0) is 4.74 Å². The Labute approximate surface area is 136 Å². The molecule has 23 heavy (non-hydrogen) atoms. The lowest BCUT2D eigenvalue weighted by molar-refractivity contribution is 0.135. The molecule has 0 aliphatic rings. The summed E-state index contributed by atoms with van der Waals surface area (Å²) in [5.74, 6) is 0.362. The van der Waals surface area contributed by atoms with Gasteiger partial charge in [0.25, 0.3) is 0 Å². The zero-order valence-electron chi connectivity index (χ0n) is 13.5. The second-order valence-corrected chi connectivity index (χ2v) is 4.70. The van der Waals surface area contributed by atoms with Gasteiger partial charge in [0, 0.05) is 32.4 Å². The summed E-state index contributed by atoms with van der Waals surface area (Å²) in [4.78, 5) is 7.85. The van der Waals surface area contributed by atoms with Gasteiger partial charge in [-0.25, -0.2) is 14.4 Å². The highest BCUT2D eigenvalue weighted by atomic mass is 19.1. The highest BCUT2D eigenvalue weighted by Gasteiger charge is 2.10. The molecular weight excluding hydrogens is 297 g/mol. The van der Waals surface area contributed by atoms with Crippen LogP contribution in [0, 0.1) is 5.82 Å². The molecular formula is C17H22FN3O2. The van der Waals surface area contributed by atoms with Gasteiger partial charge >= 0.3 is 0 Å². The predicted molar refractivity (Wildman–Crippen MR) is 92.9 cm³/mol. The van der Waals surface area contributed by atoms with Gasteiger partial charge in [-0.15, -0.1) is 0 Å². The first-order valence-corrected chi connectivity index (χ1v) is 7.14. The summed E-state index contributed by atoms with van der Waals surface area (Å²) in [6, 6.07) is 4.22. The van der Waals surface area contributed by atoms with Crippen LogP contribution in [0.15, 0.2) is 53.2 Å². The van der Waals surface area contributed by atoms with Crippen LogP contribution in [0.4, 0.5) is 10.1 Å². The van der Waals surface area contributed by atoms with E-state index < -0.39 is 0 Å². The molecule has 1 aromatic carbocycles. The van der Waals surface area contributed by atoms with E-state index >= 15 is 0 Å². The van der Waals surface area contributed by atoms with Crippen LogP contribution in [-0.4, -0.2) is 32.4 Å². The zero-order chi connectivity index (χ0) is 17.1. The van der Waals surface area contributed by atoms with E-state index in [1.54, 1.807) is 13.2 Å². The number of ether oxygens (including phenoxy) is 2. The van der Waals surface area contributed by atoms with E-state index in [0.29, 0.717) is 30.3 Å². The molecule has 6 heteroatoms. The average Bonchev–Trinajstić information content (AvgIpc) is 2.52. The van der Waals surface area contributed by atoms with Gasteiger partial charge in [0.2, 0.25) is 0 Å². The van der Waals surface area contributed by atoms with E-state index in [1.165, 1.54) is 30.8 Å². The van der Waals surface area contributed by atoms with E-state index in [0.717, 1.165) is 0 Å². The average molecular weight is 319 g/mol. The number of hydrogen-bond donors (Lipinski definition) is 1. The summed E-state index contributed by atoms with van der Waals surface area (Å²) < 4.78 is 24.2. The summed E-state index contributed by atoms with van der Waals surface area (Å²) in [5, 5.41) is 2.96. The van der Waals surface area contributed by atoms with Crippen molar-refractivity contribution in [2.45, 2.75) is 19.4 Å². The number of methoxy groups -OCH3 is 1. The quantitative estimate of drug-likeness (QED) is 0.527. The zero-order valence-corrected chi connectivity index (χ0v) is 13.5. The van der Waals surface area contributed by atoms with Crippen LogP contribution in [0.5, 0.6) is 5.75 Å². The Morgan fingerprint density at radius 2 is 2.26 bits per heavy atom. The number of benzene rings is 1. The molecule has 0 saturated heterocycles. The van der Waals surface area contributed by atoms with Gasteiger partial charge in [0.05, 0.1) is 11.8 Å². The number of nitrogens with zero attached hydrogens (tertiary/aromatic N) is 2. The molecule has 0 aromatic heterocycles. The molecule has 0 spiro atoms. The molecule has 0 radical (unpaired) electrons. The molecule has 1 rings (SSSR count). The maximum absolute atomic E-state index is 13.5. The Morgan fingerprint density at radius 3 is 2.96 bits per heavy atom. The van der Waals surface area contributed by atoms with Crippen molar-refractivity contribution in [1.29, 1.82) is 0 Å². The number of anilines is 1. The maximum Gasteiger partial charge on any atom is 0.146 e. The van der Waals surface area contributed by atoms with Gasteiger partial charge in [-0.1, -0.05) is 19.2 Å². The van der Waals surface area contributed by atoms with Gasteiger partial charge in [0.1, 0.15) is 23.7 Å². The minimum absolute atomic E-state index is 0.119. The number of aliphatic imine (C=N–C) groups is 2. The normalized spacial score (nSPS) is 12.5. The highest BCUT2D eigenvalue weighted by Crippen LogP contribution is 2.28. The van der Waals surface area contributed by atoms with Crippen molar-refractivity contribution in [1.82, 2.24) is 0 Å². The molecule has 1 atom stereocenters. The van der Waals surface area contributed by atoms with Crippen molar-refractivity contribution in [2.24, 2.45) is 9.98 Å². The fraction of sp³-hybridized carbons (Fsp3) is 0.294. The van der Waals surface area contributed by atoms with Crippen LogP contribution < -0.4 is 10.1 Å². The third kappa shape index (κ3) is 7.37. The third-order valence-electron chi connectivity index (χ3n) is 2.75. The lowest BCUT2D eigenvalue weighted by atomic mass is 10.2. The van der Waals surface area contributed by atoms with Crippen molar-refractivity contribution in [3.63, 3.8) is 0 Å². The van der Waals surface area contributed by atoms with E-state index in [1.807, 2.05) is 6.92 Å². The minimum Gasteiger partial charge on any atom is -0.488 e. The molecule has 1 N–H and O–H groups in total. The van der Waals surface area contributed by atoms with Gasteiger partial charge in [-0.05, 0) is 19.1 Å². The smallest absolute Gasteiger partial charge is 0.146 e. The first-order valence-electron chi connectivity index (χ1n) is 7.14. The molecule has 124 valence electrons. The summed E-state index contributed by atoms with van der Waals surface area (Å²) >= 11 is 0. The van der Waals surface area contributed by atoms with E-state index in [2.05, 4.69) is 28.5 Å². The first-order chi connectivity index (χ1) is 11.1. The van der Waals surface area contributed by atoms with Crippen molar-refractivity contribution < 1.29 is 13.9 Å². The Bertz CT molecular complexity index is 585. The second-order valence-electron chi connectivity index (χ2n) is 4.70.